The normalized spacial score (nSPS) is 30.0. The van der Waals surface area contributed by atoms with Gasteiger partial charge >= 0.3 is 0 Å². The van der Waals surface area contributed by atoms with Crippen LogP contribution in [0.2, 0.25) is 0 Å². The lowest BCUT2D eigenvalue weighted by Gasteiger charge is -2.43. The molecule has 17 heavy (non-hydrogen) atoms. The Morgan fingerprint density at radius 3 is 2.47 bits per heavy atom. The Balaban J connectivity index is 1.77. The van der Waals surface area contributed by atoms with E-state index in [1.165, 1.54) is 38.6 Å². The summed E-state index contributed by atoms with van der Waals surface area (Å²) < 4.78 is 0. The first-order valence-corrected chi connectivity index (χ1v) is 7.37. The highest BCUT2D eigenvalue weighted by Gasteiger charge is 2.35. The molecule has 1 saturated heterocycles. The summed E-state index contributed by atoms with van der Waals surface area (Å²) in [5.74, 6) is 0.963. The second-order valence-corrected chi connectivity index (χ2v) is 7.50. The molecule has 1 aliphatic heterocycles. The molecule has 1 atom stereocenters. The summed E-state index contributed by atoms with van der Waals surface area (Å²) in [7, 11) is 0. The van der Waals surface area contributed by atoms with Crippen LogP contribution in [0.25, 0.3) is 0 Å². The Hall–Kier alpha value is -0.0800. The molecule has 2 fully saturated rings. The zero-order valence-electron chi connectivity index (χ0n) is 12.1. The molecule has 0 radical (unpaired) electrons. The summed E-state index contributed by atoms with van der Waals surface area (Å²) >= 11 is 0. The Kier molecular flexibility index (Phi) is 3.84. The second-order valence-electron chi connectivity index (χ2n) is 7.50. The third-order valence-corrected chi connectivity index (χ3v) is 4.91. The van der Waals surface area contributed by atoms with Crippen LogP contribution < -0.4 is 10.6 Å². The molecule has 0 bridgehead atoms. The van der Waals surface area contributed by atoms with Gasteiger partial charge in [-0.2, -0.15) is 0 Å². The number of hydrogen-bond donors (Lipinski definition) is 2. The molecule has 2 heteroatoms. The smallest absolute Gasteiger partial charge is 0.0139 e. The van der Waals surface area contributed by atoms with Crippen molar-refractivity contribution in [2.45, 2.75) is 71.4 Å². The molecular formula is C15H30N2. The number of rotatable bonds is 4. The van der Waals surface area contributed by atoms with Crippen LogP contribution in [0.3, 0.4) is 0 Å². The van der Waals surface area contributed by atoms with E-state index in [9.17, 15) is 0 Å². The van der Waals surface area contributed by atoms with Crippen molar-refractivity contribution in [3.05, 3.63) is 0 Å². The maximum Gasteiger partial charge on any atom is 0.0139 e. The van der Waals surface area contributed by atoms with E-state index in [2.05, 4.69) is 38.3 Å². The number of piperidine rings is 1. The van der Waals surface area contributed by atoms with Crippen molar-refractivity contribution in [1.82, 2.24) is 10.6 Å². The lowest BCUT2D eigenvalue weighted by molar-refractivity contribution is 0.109. The quantitative estimate of drug-likeness (QED) is 0.787. The maximum atomic E-state index is 3.83. The van der Waals surface area contributed by atoms with Gasteiger partial charge in [-0.05, 0) is 57.4 Å². The summed E-state index contributed by atoms with van der Waals surface area (Å²) in [5.41, 5.74) is 0.809. The SMILES string of the molecule is CC1(C)CC(NCC(C)(C)C2CCC2)CCN1. The van der Waals surface area contributed by atoms with Gasteiger partial charge in [-0.25, -0.2) is 0 Å². The number of hydrogen-bond acceptors (Lipinski definition) is 2. The molecule has 1 heterocycles. The van der Waals surface area contributed by atoms with E-state index in [-0.39, 0.29) is 0 Å². The van der Waals surface area contributed by atoms with Crippen molar-refractivity contribution >= 4 is 0 Å². The largest absolute Gasteiger partial charge is 0.313 e. The Labute approximate surface area is 107 Å². The predicted molar refractivity (Wildman–Crippen MR) is 74.2 cm³/mol. The van der Waals surface area contributed by atoms with Gasteiger partial charge in [0.25, 0.3) is 0 Å². The predicted octanol–water partition coefficient (Wildman–Crippen LogP) is 2.93. The summed E-state index contributed by atoms with van der Waals surface area (Å²) in [6.07, 6.45) is 6.89. The van der Waals surface area contributed by atoms with Crippen LogP contribution in [0.1, 0.15) is 59.8 Å². The van der Waals surface area contributed by atoms with Gasteiger partial charge in [0.05, 0.1) is 0 Å². The highest BCUT2D eigenvalue weighted by atomic mass is 15.0. The van der Waals surface area contributed by atoms with E-state index in [0.29, 0.717) is 17.0 Å². The van der Waals surface area contributed by atoms with E-state index in [4.69, 9.17) is 0 Å². The summed E-state index contributed by atoms with van der Waals surface area (Å²) in [6, 6.07) is 0.714. The molecule has 0 aromatic heterocycles. The molecule has 100 valence electrons. The molecule has 2 N–H and O–H groups in total. The van der Waals surface area contributed by atoms with Gasteiger partial charge < -0.3 is 10.6 Å². The molecule has 1 aliphatic carbocycles. The van der Waals surface area contributed by atoms with Gasteiger partial charge in [0, 0.05) is 18.1 Å². The molecule has 1 saturated carbocycles. The van der Waals surface area contributed by atoms with Gasteiger partial charge in [-0.1, -0.05) is 20.3 Å². The third kappa shape index (κ3) is 3.45. The van der Waals surface area contributed by atoms with Crippen LogP contribution in [0.5, 0.6) is 0 Å². The van der Waals surface area contributed by atoms with Gasteiger partial charge in [-0.3, -0.25) is 0 Å². The van der Waals surface area contributed by atoms with Gasteiger partial charge in [-0.15, -0.1) is 0 Å². The van der Waals surface area contributed by atoms with E-state index >= 15 is 0 Å². The Morgan fingerprint density at radius 2 is 1.94 bits per heavy atom. The highest BCUT2D eigenvalue weighted by Crippen LogP contribution is 2.41. The first kappa shape index (κ1) is 13.4. The molecule has 0 amide bonds. The zero-order chi connectivity index (χ0) is 12.5. The van der Waals surface area contributed by atoms with Crippen molar-refractivity contribution in [1.29, 1.82) is 0 Å². The van der Waals surface area contributed by atoms with E-state index in [0.717, 1.165) is 12.5 Å². The molecule has 0 aromatic carbocycles. The fourth-order valence-electron chi connectivity index (χ4n) is 3.29. The summed E-state index contributed by atoms with van der Waals surface area (Å²) in [4.78, 5) is 0. The minimum absolute atomic E-state index is 0.316. The lowest BCUT2D eigenvalue weighted by atomic mass is 9.67. The molecule has 2 nitrogen and oxygen atoms in total. The van der Waals surface area contributed by atoms with E-state index in [1.807, 2.05) is 0 Å². The van der Waals surface area contributed by atoms with Gasteiger partial charge in [0.1, 0.15) is 0 Å². The first-order chi connectivity index (χ1) is 7.89. The summed E-state index contributed by atoms with van der Waals surface area (Å²) in [6.45, 7) is 11.9. The molecular weight excluding hydrogens is 208 g/mol. The van der Waals surface area contributed by atoms with Gasteiger partial charge in [0.15, 0.2) is 0 Å². The van der Waals surface area contributed by atoms with Gasteiger partial charge in [0.2, 0.25) is 0 Å². The van der Waals surface area contributed by atoms with Crippen LogP contribution in [-0.4, -0.2) is 24.7 Å². The van der Waals surface area contributed by atoms with Crippen molar-refractivity contribution in [2.75, 3.05) is 13.1 Å². The van der Waals surface area contributed by atoms with Crippen LogP contribution >= 0.6 is 0 Å². The molecule has 0 aromatic rings. The fraction of sp³-hybridized carbons (Fsp3) is 1.00. The van der Waals surface area contributed by atoms with Crippen LogP contribution in [0, 0.1) is 11.3 Å². The van der Waals surface area contributed by atoms with E-state index in [1.54, 1.807) is 0 Å². The zero-order valence-corrected chi connectivity index (χ0v) is 12.1. The Morgan fingerprint density at radius 1 is 1.24 bits per heavy atom. The minimum Gasteiger partial charge on any atom is -0.313 e. The molecule has 2 rings (SSSR count). The molecule has 0 spiro atoms. The minimum atomic E-state index is 0.316. The third-order valence-electron chi connectivity index (χ3n) is 4.91. The summed E-state index contributed by atoms with van der Waals surface area (Å²) in [5, 5.41) is 7.42. The highest BCUT2D eigenvalue weighted by molar-refractivity contribution is 4.92. The van der Waals surface area contributed by atoms with E-state index < -0.39 is 0 Å². The monoisotopic (exact) mass is 238 g/mol. The Bertz CT molecular complexity index is 254. The van der Waals surface area contributed by atoms with Crippen LogP contribution in [-0.2, 0) is 0 Å². The van der Waals surface area contributed by atoms with Crippen LogP contribution in [0.4, 0.5) is 0 Å². The topological polar surface area (TPSA) is 24.1 Å². The van der Waals surface area contributed by atoms with Crippen molar-refractivity contribution in [3.8, 4) is 0 Å². The average Bonchev–Trinajstić information content (AvgIpc) is 2.10. The van der Waals surface area contributed by atoms with Crippen molar-refractivity contribution in [3.63, 3.8) is 0 Å². The first-order valence-electron chi connectivity index (χ1n) is 7.37. The number of nitrogens with one attached hydrogen (secondary N) is 2. The van der Waals surface area contributed by atoms with Crippen molar-refractivity contribution < 1.29 is 0 Å². The second kappa shape index (κ2) is 4.89. The van der Waals surface area contributed by atoms with Crippen molar-refractivity contribution in [2.24, 2.45) is 11.3 Å². The lowest BCUT2D eigenvalue weighted by Crippen LogP contribution is -2.53. The molecule has 2 aliphatic rings. The standard InChI is InChI=1S/C15H30N2/c1-14(2,12-6-5-7-12)11-16-13-8-9-17-15(3,4)10-13/h12-13,16-17H,5-11H2,1-4H3. The maximum absolute atomic E-state index is 3.83. The fourth-order valence-corrected chi connectivity index (χ4v) is 3.29. The molecule has 1 unspecified atom stereocenters. The van der Waals surface area contributed by atoms with Crippen LogP contribution in [0.15, 0.2) is 0 Å². The average molecular weight is 238 g/mol.